The maximum Gasteiger partial charge on any atom is -0.0276 e. The fourth-order valence-corrected chi connectivity index (χ4v) is 1.70. The van der Waals surface area contributed by atoms with Crippen molar-refractivity contribution in [1.29, 1.82) is 0 Å². The van der Waals surface area contributed by atoms with E-state index in [2.05, 4.69) is 37.8 Å². The Morgan fingerprint density at radius 1 is 1.00 bits per heavy atom. The number of allylic oxidation sites excluding steroid dienone is 1. The minimum Gasteiger partial charge on any atom is -0.103 e. The average molecular weight is 202 g/mol. The predicted molar refractivity (Wildman–Crippen MR) is 68.2 cm³/mol. The van der Waals surface area contributed by atoms with Crippen LogP contribution in [0.3, 0.4) is 0 Å². The Hall–Kier alpha value is -1.04. The summed E-state index contributed by atoms with van der Waals surface area (Å²) in [7, 11) is 0. The highest BCUT2D eigenvalue weighted by Crippen LogP contribution is 2.10. The van der Waals surface area contributed by atoms with Crippen LogP contribution in [0.4, 0.5) is 0 Å². The third-order valence-electron chi connectivity index (χ3n) is 2.72. The Kier molecular flexibility index (Phi) is 5.84. The molecule has 1 aromatic carbocycles. The van der Waals surface area contributed by atoms with E-state index in [1.807, 2.05) is 6.08 Å². The second-order valence-electron chi connectivity index (χ2n) is 4.10. The van der Waals surface area contributed by atoms with Crippen LogP contribution in [-0.2, 0) is 12.8 Å². The molecule has 0 bridgehead atoms. The highest BCUT2D eigenvalue weighted by Gasteiger charge is 1.94. The molecular formula is C15H22. The standard InChI is InChI=1S/C15H22/c1-3-5-7-9-15-12-10-14(11-13-15)8-6-4-2/h3,10-13H,1,4-9H2,2H3. The summed E-state index contributed by atoms with van der Waals surface area (Å²) in [5, 5.41) is 0. The Balaban J connectivity index is 2.38. The quantitative estimate of drug-likeness (QED) is 0.450. The molecule has 15 heavy (non-hydrogen) atoms. The Morgan fingerprint density at radius 2 is 1.53 bits per heavy atom. The lowest BCUT2D eigenvalue weighted by Gasteiger charge is -2.03. The normalized spacial score (nSPS) is 10.2. The van der Waals surface area contributed by atoms with Gasteiger partial charge in [-0.2, -0.15) is 0 Å². The summed E-state index contributed by atoms with van der Waals surface area (Å²) in [5.74, 6) is 0. The maximum atomic E-state index is 3.74. The van der Waals surface area contributed by atoms with Gasteiger partial charge in [-0.3, -0.25) is 0 Å². The van der Waals surface area contributed by atoms with Crippen LogP contribution in [0.1, 0.15) is 43.7 Å². The third-order valence-corrected chi connectivity index (χ3v) is 2.72. The number of aryl methyl sites for hydroxylation is 2. The lowest BCUT2D eigenvalue weighted by molar-refractivity contribution is 0.793. The Labute approximate surface area is 94.0 Å². The van der Waals surface area contributed by atoms with Gasteiger partial charge in [-0.05, 0) is 43.2 Å². The smallest absolute Gasteiger partial charge is 0.0276 e. The van der Waals surface area contributed by atoms with Gasteiger partial charge >= 0.3 is 0 Å². The maximum absolute atomic E-state index is 3.74. The molecule has 0 aliphatic carbocycles. The molecule has 0 saturated heterocycles. The van der Waals surface area contributed by atoms with Gasteiger partial charge in [-0.25, -0.2) is 0 Å². The minimum atomic E-state index is 1.12. The fraction of sp³-hybridized carbons (Fsp3) is 0.467. The van der Waals surface area contributed by atoms with Gasteiger partial charge in [-0.15, -0.1) is 6.58 Å². The molecule has 0 fully saturated rings. The van der Waals surface area contributed by atoms with Crippen molar-refractivity contribution in [3.8, 4) is 0 Å². The van der Waals surface area contributed by atoms with Gasteiger partial charge in [0, 0.05) is 0 Å². The number of hydrogen-bond acceptors (Lipinski definition) is 0. The van der Waals surface area contributed by atoms with Crippen molar-refractivity contribution in [3.05, 3.63) is 48.0 Å². The number of hydrogen-bond donors (Lipinski definition) is 0. The van der Waals surface area contributed by atoms with E-state index in [-0.39, 0.29) is 0 Å². The molecule has 0 amide bonds. The molecule has 0 spiro atoms. The summed E-state index contributed by atoms with van der Waals surface area (Å²) in [5.41, 5.74) is 2.93. The molecular weight excluding hydrogens is 180 g/mol. The molecule has 1 rings (SSSR count). The molecule has 0 radical (unpaired) electrons. The topological polar surface area (TPSA) is 0 Å². The van der Waals surface area contributed by atoms with Gasteiger partial charge in [0.1, 0.15) is 0 Å². The second kappa shape index (κ2) is 7.28. The van der Waals surface area contributed by atoms with Crippen LogP contribution in [0.2, 0.25) is 0 Å². The van der Waals surface area contributed by atoms with Crippen LogP contribution in [-0.4, -0.2) is 0 Å². The highest BCUT2D eigenvalue weighted by molar-refractivity contribution is 5.22. The fourth-order valence-electron chi connectivity index (χ4n) is 1.70. The van der Waals surface area contributed by atoms with E-state index in [0.717, 1.165) is 6.42 Å². The largest absolute Gasteiger partial charge is 0.103 e. The van der Waals surface area contributed by atoms with Gasteiger partial charge in [-0.1, -0.05) is 43.7 Å². The highest BCUT2D eigenvalue weighted by atomic mass is 14.0. The molecule has 0 aliphatic rings. The molecule has 0 aliphatic heterocycles. The zero-order valence-electron chi connectivity index (χ0n) is 9.84. The van der Waals surface area contributed by atoms with Gasteiger partial charge < -0.3 is 0 Å². The monoisotopic (exact) mass is 202 g/mol. The van der Waals surface area contributed by atoms with Gasteiger partial charge in [0.25, 0.3) is 0 Å². The van der Waals surface area contributed by atoms with Crippen LogP contribution in [0.5, 0.6) is 0 Å². The Morgan fingerprint density at radius 3 is 2.00 bits per heavy atom. The SMILES string of the molecule is C=CCCCc1ccc(CCCC)cc1. The summed E-state index contributed by atoms with van der Waals surface area (Å²) in [4.78, 5) is 0. The Bertz CT molecular complexity index is 269. The van der Waals surface area contributed by atoms with E-state index >= 15 is 0 Å². The summed E-state index contributed by atoms with van der Waals surface area (Å²) >= 11 is 0. The molecule has 0 nitrogen and oxygen atoms in total. The summed E-state index contributed by atoms with van der Waals surface area (Å²) < 4.78 is 0. The number of benzene rings is 1. The molecule has 0 atom stereocenters. The summed E-state index contributed by atoms with van der Waals surface area (Å²) in [6.07, 6.45) is 9.32. The van der Waals surface area contributed by atoms with Crippen LogP contribution in [0, 0.1) is 0 Å². The zero-order valence-corrected chi connectivity index (χ0v) is 9.84. The van der Waals surface area contributed by atoms with E-state index in [0.29, 0.717) is 0 Å². The van der Waals surface area contributed by atoms with E-state index in [1.54, 1.807) is 0 Å². The van der Waals surface area contributed by atoms with Gasteiger partial charge in [0.15, 0.2) is 0 Å². The zero-order chi connectivity index (χ0) is 10.9. The molecule has 0 saturated carbocycles. The van der Waals surface area contributed by atoms with Crippen LogP contribution in [0.15, 0.2) is 36.9 Å². The van der Waals surface area contributed by atoms with Crippen molar-refractivity contribution < 1.29 is 0 Å². The lowest BCUT2D eigenvalue weighted by Crippen LogP contribution is -1.88. The van der Waals surface area contributed by atoms with Crippen molar-refractivity contribution >= 4 is 0 Å². The second-order valence-corrected chi connectivity index (χ2v) is 4.10. The lowest BCUT2D eigenvalue weighted by atomic mass is 10.0. The molecule has 0 heterocycles. The van der Waals surface area contributed by atoms with Crippen LogP contribution < -0.4 is 0 Å². The minimum absolute atomic E-state index is 1.12. The first-order valence-electron chi connectivity index (χ1n) is 6.05. The molecule has 0 heteroatoms. The summed E-state index contributed by atoms with van der Waals surface area (Å²) in [6.45, 7) is 5.98. The molecule has 0 unspecified atom stereocenters. The number of unbranched alkanes of at least 4 members (excludes halogenated alkanes) is 2. The first-order valence-corrected chi connectivity index (χ1v) is 6.05. The van der Waals surface area contributed by atoms with Crippen molar-refractivity contribution in [2.24, 2.45) is 0 Å². The summed E-state index contributed by atoms with van der Waals surface area (Å²) in [6, 6.07) is 9.10. The van der Waals surface area contributed by atoms with E-state index in [1.165, 1.54) is 43.2 Å². The third kappa shape index (κ3) is 4.83. The van der Waals surface area contributed by atoms with Crippen molar-refractivity contribution in [3.63, 3.8) is 0 Å². The van der Waals surface area contributed by atoms with E-state index in [9.17, 15) is 0 Å². The molecule has 0 N–H and O–H groups in total. The first kappa shape index (κ1) is 12.0. The van der Waals surface area contributed by atoms with Crippen LogP contribution >= 0.6 is 0 Å². The van der Waals surface area contributed by atoms with Crippen molar-refractivity contribution in [1.82, 2.24) is 0 Å². The molecule has 1 aromatic rings. The van der Waals surface area contributed by atoms with Crippen molar-refractivity contribution in [2.75, 3.05) is 0 Å². The van der Waals surface area contributed by atoms with Crippen molar-refractivity contribution in [2.45, 2.75) is 45.4 Å². The van der Waals surface area contributed by atoms with Gasteiger partial charge in [0.05, 0.1) is 0 Å². The predicted octanol–water partition coefficient (Wildman–Crippen LogP) is 4.54. The van der Waals surface area contributed by atoms with E-state index < -0.39 is 0 Å². The van der Waals surface area contributed by atoms with Crippen LogP contribution in [0.25, 0.3) is 0 Å². The first-order chi connectivity index (χ1) is 7.36. The number of rotatable bonds is 7. The molecule has 0 aromatic heterocycles. The van der Waals surface area contributed by atoms with E-state index in [4.69, 9.17) is 0 Å². The average Bonchev–Trinajstić information content (AvgIpc) is 2.28. The van der Waals surface area contributed by atoms with Gasteiger partial charge in [0.2, 0.25) is 0 Å². The molecule has 82 valence electrons.